The van der Waals surface area contributed by atoms with Crippen molar-refractivity contribution in [1.29, 1.82) is 0 Å². The molecule has 0 bridgehead atoms. The smallest absolute Gasteiger partial charge is 0.170 e. The molecule has 3 heteroatoms. The van der Waals surface area contributed by atoms with Crippen LogP contribution in [0.1, 0.15) is 27.0 Å². The summed E-state index contributed by atoms with van der Waals surface area (Å²) in [4.78, 5) is 12.8. The summed E-state index contributed by atoms with van der Waals surface area (Å²) >= 11 is 7.37. The van der Waals surface area contributed by atoms with Gasteiger partial charge in [-0.2, -0.15) is 0 Å². The lowest BCUT2D eigenvalue weighted by atomic mass is 10.2. The Morgan fingerprint density at radius 1 is 1.45 bits per heavy atom. The van der Waals surface area contributed by atoms with E-state index in [2.05, 4.69) is 0 Å². The number of hydrogen-bond acceptors (Lipinski definition) is 2. The maximum atomic E-state index is 11.0. The highest BCUT2D eigenvalue weighted by Crippen LogP contribution is 2.31. The first-order chi connectivity index (χ1) is 5.04. The lowest BCUT2D eigenvalue weighted by Crippen LogP contribution is -1.88. The quantitative estimate of drug-likeness (QED) is 0.619. The molecule has 0 amide bonds. The molecule has 0 saturated carbocycles. The Morgan fingerprint density at radius 3 is 2.18 bits per heavy atom. The number of carbonyl (C=O) groups is 1. The zero-order valence-electron chi connectivity index (χ0n) is 6.69. The average Bonchev–Trinajstić information content (AvgIpc) is 2.17. The van der Waals surface area contributed by atoms with E-state index in [1.165, 1.54) is 11.3 Å². The topological polar surface area (TPSA) is 17.1 Å². The number of Topliss-reactive ketones (excluding diaryl/α,β-unsaturated/α-hetero) is 1. The fraction of sp³-hybridized carbons (Fsp3) is 0.375. The summed E-state index contributed by atoms with van der Waals surface area (Å²) in [7, 11) is 0. The van der Waals surface area contributed by atoms with Crippen molar-refractivity contribution < 1.29 is 4.79 Å². The Bertz CT molecular complexity index is 301. The van der Waals surface area contributed by atoms with Gasteiger partial charge in [0.05, 0.1) is 9.90 Å². The molecule has 1 rings (SSSR count). The first-order valence-electron chi connectivity index (χ1n) is 3.30. The van der Waals surface area contributed by atoms with Crippen molar-refractivity contribution in [2.24, 2.45) is 0 Å². The maximum Gasteiger partial charge on any atom is 0.170 e. The maximum absolute atomic E-state index is 11.0. The molecule has 1 nitrogen and oxygen atoms in total. The largest absolute Gasteiger partial charge is 0.294 e. The molecule has 1 heterocycles. The SMILES string of the molecule is CC(=O)c1sc(C)c(Cl)c1C. The molecule has 0 aliphatic carbocycles. The predicted molar refractivity (Wildman–Crippen MR) is 48.8 cm³/mol. The van der Waals surface area contributed by atoms with Crippen LogP contribution >= 0.6 is 22.9 Å². The lowest BCUT2D eigenvalue weighted by molar-refractivity contribution is 0.102. The van der Waals surface area contributed by atoms with Gasteiger partial charge in [-0.3, -0.25) is 4.79 Å². The molecule has 0 unspecified atom stereocenters. The van der Waals surface area contributed by atoms with E-state index in [0.29, 0.717) is 0 Å². The fourth-order valence-electron chi connectivity index (χ4n) is 0.974. The third kappa shape index (κ3) is 1.47. The number of rotatable bonds is 1. The molecule has 1 aromatic rings. The van der Waals surface area contributed by atoms with Crippen LogP contribution < -0.4 is 0 Å². The number of halogens is 1. The van der Waals surface area contributed by atoms with Gasteiger partial charge in [0, 0.05) is 4.88 Å². The fourth-order valence-corrected chi connectivity index (χ4v) is 2.19. The van der Waals surface area contributed by atoms with Gasteiger partial charge in [0.15, 0.2) is 5.78 Å². The number of thiophene rings is 1. The van der Waals surface area contributed by atoms with Crippen molar-refractivity contribution in [3.05, 3.63) is 20.3 Å². The highest BCUT2D eigenvalue weighted by atomic mass is 35.5. The summed E-state index contributed by atoms with van der Waals surface area (Å²) < 4.78 is 0. The number of hydrogen-bond donors (Lipinski definition) is 0. The molecule has 60 valence electrons. The first kappa shape index (κ1) is 8.75. The Labute approximate surface area is 75.0 Å². The minimum atomic E-state index is 0.0995. The Balaban J connectivity index is 3.29. The summed E-state index contributed by atoms with van der Waals surface area (Å²) in [6.07, 6.45) is 0. The Kier molecular flexibility index (Phi) is 2.35. The molecular formula is C8H9ClOS. The van der Waals surface area contributed by atoms with E-state index in [4.69, 9.17) is 11.6 Å². The second-order valence-electron chi connectivity index (χ2n) is 2.48. The Morgan fingerprint density at radius 2 is 2.00 bits per heavy atom. The normalized spacial score (nSPS) is 10.2. The molecule has 0 saturated heterocycles. The van der Waals surface area contributed by atoms with Gasteiger partial charge in [-0.1, -0.05) is 11.6 Å². The lowest BCUT2D eigenvalue weighted by Gasteiger charge is -1.90. The molecule has 0 aliphatic heterocycles. The van der Waals surface area contributed by atoms with Gasteiger partial charge >= 0.3 is 0 Å². The molecule has 0 fully saturated rings. The van der Waals surface area contributed by atoms with E-state index >= 15 is 0 Å². The van der Waals surface area contributed by atoms with Crippen LogP contribution in [-0.4, -0.2) is 5.78 Å². The van der Waals surface area contributed by atoms with E-state index in [0.717, 1.165) is 20.3 Å². The molecular weight excluding hydrogens is 180 g/mol. The van der Waals surface area contributed by atoms with Crippen LogP contribution in [0.15, 0.2) is 0 Å². The standard InChI is InChI=1S/C8H9ClOS/c1-4-7(9)6(3)11-8(4)5(2)10/h1-3H3. The molecule has 1 aromatic heterocycles. The highest BCUT2D eigenvalue weighted by molar-refractivity contribution is 7.14. The van der Waals surface area contributed by atoms with Crippen molar-refractivity contribution in [1.82, 2.24) is 0 Å². The second-order valence-corrected chi connectivity index (χ2v) is 4.09. The van der Waals surface area contributed by atoms with Gasteiger partial charge in [-0.15, -0.1) is 11.3 Å². The van der Waals surface area contributed by atoms with Crippen LogP contribution in [-0.2, 0) is 0 Å². The van der Waals surface area contributed by atoms with Crippen molar-refractivity contribution in [3.63, 3.8) is 0 Å². The van der Waals surface area contributed by atoms with Crippen LogP contribution in [0.5, 0.6) is 0 Å². The first-order valence-corrected chi connectivity index (χ1v) is 4.50. The molecule has 0 N–H and O–H groups in total. The van der Waals surface area contributed by atoms with Crippen LogP contribution in [0, 0.1) is 13.8 Å². The third-order valence-corrected chi connectivity index (χ3v) is 3.54. The summed E-state index contributed by atoms with van der Waals surface area (Å²) in [5, 5.41) is 0.736. The molecule has 0 atom stereocenters. The van der Waals surface area contributed by atoms with Gasteiger partial charge < -0.3 is 0 Å². The van der Waals surface area contributed by atoms with Crippen molar-refractivity contribution in [2.75, 3.05) is 0 Å². The molecule has 0 aliphatic rings. The summed E-state index contributed by atoms with van der Waals surface area (Å²) in [6.45, 7) is 5.36. The van der Waals surface area contributed by atoms with Crippen molar-refractivity contribution in [3.8, 4) is 0 Å². The average molecular weight is 189 g/mol. The summed E-state index contributed by atoms with van der Waals surface area (Å²) in [5.41, 5.74) is 0.918. The van der Waals surface area contributed by atoms with Crippen molar-refractivity contribution in [2.45, 2.75) is 20.8 Å². The summed E-state index contributed by atoms with van der Waals surface area (Å²) in [6, 6.07) is 0. The zero-order chi connectivity index (χ0) is 8.59. The van der Waals surface area contributed by atoms with E-state index in [9.17, 15) is 4.79 Å². The molecule has 0 spiro atoms. The van der Waals surface area contributed by atoms with E-state index in [1.807, 2.05) is 13.8 Å². The van der Waals surface area contributed by atoms with E-state index < -0.39 is 0 Å². The van der Waals surface area contributed by atoms with Gasteiger partial charge in [-0.05, 0) is 26.3 Å². The van der Waals surface area contributed by atoms with Crippen LogP contribution in [0.3, 0.4) is 0 Å². The van der Waals surface area contributed by atoms with Gasteiger partial charge in [0.2, 0.25) is 0 Å². The number of carbonyl (C=O) groups excluding carboxylic acids is 1. The molecule has 11 heavy (non-hydrogen) atoms. The minimum Gasteiger partial charge on any atom is -0.294 e. The van der Waals surface area contributed by atoms with E-state index in [-0.39, 0.29) is 5.78 Å². The Hall–Kier alpha value is -0.340. The second kappa shape index (κ2) is 2.95. The number of ketones is 1. The van der Waals surface area contributed by atoms with Crippen LogP contribution in [0.25, 0.3) is 0 Å². The third-order valence-electron chi connectivity index (χ3n) is 1.55. The van der Waals surface area contributed by atoms with Gasteiger partial charge in [0.25, 0.3) is 0 Å². The highest BCUT2D eigenvalue weighted by Gasteiger charge is 2.12. The minimum absolute atomic E-state index is 0.0995. The molecule has 0 radical (unpaired) electrons. The van der Waals surface area contributed by atoms with Crippen LogP contribution in [0.2, 0.25) is 5.02 Å². The van der Waals surface area contributed by atoms with Crippen LogP contribution in [0.4, 0.5) is 0 Å². The molecule has 0 aromatic carbocycles. The van der Waals surface area contributed by atoms with E-state index in [1.54, 1.807) is 6.92 Å². The zero-order valence-corrected chi connectivity index (χ0v) is 8.27. The monoisotopic (exact) mass is 188 g/mol. The predicted octanol–water partition coefficient (Wildman–Crippen LogP) is 3.22. The van der Waals surface area contributed by atoms with Gasteiger partial charge in [-0.25, -0.2) is 0 Å². The van der Waals surface area contributed by atoms with Crippen molar-refractivity contribution >= 4 is 28.7 Å². The number of aryl methyl sites for hydroxylation is 1. The van der Waals surface area contributed by atoms with Gasteiger partial charge in [0.1, 0.15) is 0 Å². The summed E-state index contributed by atoms with van der Waals surface area (Å²) in [5.74, 6) is 0.0995.